The van der Waals surface area contributed by atoms with Crippen molar-refractivity contribution >= 4 is 29.0 Å². The summed E-state index contributed by atoms with van der Waals surface area (Å²) >= 11 is 5.78. The van der Waals surface area contributed by atoms with E-state index in [2.05, 4.69) is 34.3 Å². The number of anilines is 2. The van der Waals surface area contributed by atoms with Crippen LogP contribution in [0.4, 0.5) is 11.5 Å². The Bertz CT molecular complexity index is 657. The van der Waals surface area contributed by atoms with Gasteiger partial charge in [-0.05, 0) is 37.1 Å². The number of fused-ring (bicyclic) bond motifs is 1. The van der Waals surface area contributed by atoms with Gasteiger partial charge in [0, 0.05) is 17.9 Å². The van der Waals surface area contributed by atoms with Crippen molar-refractivity contribution in [3.8, 4) is 0 Å². The molecule has 0 spiro atoms. The smallest absolute Gasteiger partial charge is 0.245 e. The zero-order valence-electron chi connectivity index (χ0n) is 11.7. The van der Waals surface area contributed by atoms with Crippen molar-refractivity contribution in [1.29, 1.82) is 0 Å². The number of carbonyl (C=O) groups is 1. The Hall–Kier alpha value is -2.07. The van der Waals surface area contributed by atoms with Gasteiger partial charge in [-0.3, -0.25) is 4.79 Å². The molecule has 1 aliphatic rings. The van der Waals surface area contributed by atoms with E-state index in [0.29, 0.717) is 23.4 Å². The van der Waals surface area contributed by atoms with Crippen molar-refractivity contribution in [3.05, 3.63) is 53.2 Å². The van der Waals surface area contributed by atoms with E-state index in [4.69, 9.17) is 11.6 Å². The fourth-order valence-electron chi connectivity index (χ4n) is 2.66. The number of hydrogen-bond donors (Lipinski definition) is 1. The van der Waals surface area contributed by atoms with E-state index in [-0.39, 0.29) is 5.91 Å². The summed E-state index contributed by atoms with van der Waals surface area (Å²) in [6, 6.07) is 11.9. The van der Waals surface area contributed by atoms with Gasteiger partial charge >= 0.3 is 0 Å². The molecule has 0 fully saturated rings. The number of hydrogen-bond acceptors (Lipinski definition) is 3. The lowest BCUT2D eigenvalue weighted by Gasteiger charge is -2.24. The molecular formula is C16H16ClN3O. The molecule has 3 rings (SSSR count). The number of nitrogens with zero attached hydrogens (tertiary/aromatic N) is 2. The van der Waals surface area contributed by atoms with Crippen molar-refractivity contribution in [2.75, 3.05) is 16.8 Å². The summed E-state index contributed by atoms with van der Waals surface area (Å²) in [7, 11) is 0. The quantitative estimate of drug-likeness (QED) is 0.947. The highest BCUT2D eigenvalue weighted by Gasteiger charge is 2.26. The third-order valence-corrected chi connectivity index (χ3v) is 3.88. The monoisotopic (exact) mass is 301 g/mol. The van der Waals surface area contributed by atoms with Gasteiger partial charge in [0.15, 0.2) is 0 Å². The Morgan fingerprint density at radius 3 is 2.95 bits per heavy atom. The molecule has 1 amide bonds. The molecule has 21 heavy (non-hydrogen) atoms. The highest BCUT2D eigenvalue weighted by Crippen LogP contribution is 2.31. The molecule has 0 aliphatic carbocycles. The van der Waals surface area contributed by atoms with Crippen LogP contribution < -0.4 is 10.2 Å². The SMILES string of the molecule is C[C@@H]1Cc2ccccc2N1CC(=O)Nc1ccc(Cl)cn1. The first-order chi connectivity index (χ1) is 10.1. The molecule has 1 aliphatic heterocycles. The maximum atomic E-state index is 12.2. The Labute approximate surface area is 128 Å². The summed E-state index contributed by atoms with van der Waals surface area (Å²) in [6.45, 7) is 2.45. The molecular weight excluding hydrogens is 286 g/mol. The number of pyridine rings is 1. The summed E-state index contributed by atoms with van der Waals surface area (Å²) in [5, 5.41) is 3.35. The first-order valence-corrected chi connectivity index (χ1v) is 7.27. The fraction of sp³-hybridized carbons (Fsp3) is 0.250. The third-order valence-electron chi connectivity index (χ3n) is 3.66. The van der Waals surface area contributed by atoms with Gasteiger partial charge in [0.05, 0.1) is 11.6 Å². The van der Waals surface area contributed by atoms with Crippen LogP contribution in [0.5, 0.6) is 0 Å². The molecule has 0 saturated heterocycles. The van der Waals surface area contributed by atoms with Gasteiger partial charge in [-0.2, -0.15) is 0 Å². The number of rotatable bonds is 3. The standard InChI is InChI=1S/C16H16ClN3O/c1-11-8-12-4-2-3-5-14(12)20(11)10-16(21)19-15-7-6-13(17)9-18-15/h2-7,9,11H,8,10H2,1H3,(H,18,19,21)/t11-/m1/s1. The normalized spacial score (nSPS) is 16.7. The van der Waals surface area contributed by atoms with Crippen LogP contribution in [0.25, 0.3) is 0 Å². The Kier molecular flexibility index (Phi) is 3.80. The van der Waals surface area contributed by atoms with E-state index in [1.54, 1.807) is 12.1 Å². The second kappa shape index (κ2) is 5.74. The van der Waals surface area contributed by atoms with Crippen molar-refractivity contribution in [3.63, 3.8) is 0 Å². The minimum Gasteiger partial charge on any atom is -0.359 e. The number of benzene rings is 1. The van der Waals surface area contributed by atoms with Crippen LogP contribution in [0, 0.1) is 0 Å². The van der Waals surface area contributed by atoms with Crippen molar-refractivity contribution in [2.24, 2.45) is 0 Å². The number of amides is 1. The van der Waals surface area contributed by atoms with Gasteiger partial charge in [0.2, 0.25) is 5.91 Å². The van der Waals surface area contributed by atoms with E-state index >= 15 is 0 Å². The number of carbonyl (C=O) groups excluding carboxylic acids is 1. The predicted octanol–water partition coefficient (Wildman–Crippen LogP) is 3.12. The highest BCUT2D eigenvalue weighted by molar-refractivity contribution is 6.30. The molecule has 5 heteroatoms. The first-order valence-electron chi connectivity index (χ1n) is 6.89. The molecule has 0 radical (unpaired) electrons. The molecule has 1 N–H and O–H groups in total. The van der Waals surface area contributed by atoms with Crippen LogP contribution in [-0.4, -0.2) is 23.5 Å². The van der Waals surface area contributed by atoms with Crippen LogP contribution in [-0.2, 0) is 11.2 Å². The summed E-state index contributed by atoms with van der Waals surface area (Å²) in [6.07, 6.45) is 2.49. The van der Waals surface area contributed by atoms with Crippen LogP contribution in [0.2, 0.25) is 5.02 Å². The molecule has 1 aromatic carbocycles. The molecule has 108 valence electrons. The van der Waals surface area contributed by atoms with E-state index in [0.717, 1.165) is 12.1 Å². The number of halogens is 1. The summed E-state index contributed by atoms with van der Waals surface area (Å²) in [5.74, 6) is 0.443. The van der Waals surface area contributed by atoms with Crippen LogP contribution in [0.1, 0.15) is 12.5 Å². The Balaban J connectivity index is 1.69. The molecule has 4 nitrogen and oxygen atoms in total. The van der Waals surface area contributed by atoms with Gasteiger partial charge in [-0.25, -0.2) is 4.98 Å². The van der Waals surface area contributed by atoms with Gasteiger partial charge in [-0.1, -0.05) is 29.8 Å². The summed E-state index contributed by atoms with van der Waals surface area (Å²) < 4.78 is 0. The van der Waals surface area contributed by atoms with E-state index in [9.17, 15) is 4.79 Å². The second-order valence-corrected chi connectivity index (χ2v) is 5.66. The maximum Gasteiger partial charge on any atom is 0.245 e. The predicted molar refractivity (Wildman–Crippen MR) is 84.8 cm³/mol. The lowest BCUT2D eigenvalue weighted by Crippen LogP contribution is -2.37. The largest absolute Gasteiger partial charge is 0.359 e. The van der Waals surface area contributed by atoms with Crippen molar-refractivity contribution in [1.82, 2.24) is 4.98 Å². The molecule has 1 aromatic heterocycles. The van der Waals surface area contributed by atoms with Crippen LogP contribution in [0.15, 0.2) is 42.6 Å². The third kappa shape index (κ3) is 3.00. The second-order valence-electron chi connectivity index (χ2n) is 5.22. The van der Waals surface area contributed by atoms with Gasteiger partial charge in [-0.15, -0.1) is 0 Å². The summed E-state index contributed by atoms with van der Waals surface area (Å²) in [4.78, 5) is 18.4. The van der Waals surface area contributed by atoms with E-state index in [1.165, 1.54) is 11.8 Å². The molecule has 2 aromatic rings. The van der Waals surface area contributed by atoms with Gasteiger partial charge < -0.3 is 10.2 Å². The number of aromatic nitrogens is 1. The van der Waals surface area contributed by atoms with Crippen LogP contribution in [0.3, 0.4) is 0 Å². The minimum atomic E-state index is -0.0756. The lowest BCUT2D eigenvalue weighted by atomic mass is 10.1. The summed E-state index contributed by atoms with van der Waals surface area (Å²) in [5.41, 5.74) is 2.44. The maximum absolute atomic E-state index is 12.2. The Morgan fingerprint density at radius 2 is 2.19 bits per heavy atom. The molecule has 0 saturated carbocycles. The average Bonchev–Trinajstić information content (AvgIpc) is 2.78. The zero-order valence-corrected chi connectivity index (χ0v) is 12.5. The highest BCUT2D eigenvalue weighted by atomic mass is 35.5. The lowest BCUT2D eigenvalue weighted by molar-refractivity contribution is -0.115. The number of nitrogens with one attached hydrogen (secondary N) is 1. The Morgan fingerprint density at radius 1 is 1.38 bits per heavy atom. The molecule has 0 unspecified atom stereocenters. The molecule has 2 heterocycles. The topological polar surface area (TPSA) is 45.2 Å². The molecule has 0 bridgehead atoms. The fourth-order valence-corrected chi connectivity index (χ4v) is 2.77. The van der Waals surface area contributed by atoms with E-state index < -0.39 is 0 Å². The first kappa shape index (κ1) is 13.9. The zero-order chi connectivity index (χ0) is 14.8. The molecule has 1 atom stereocenters. The minimum absolute atomic E-state index is 0.0756. The average molecular weight is 302 g/mol. The van der Waals surface area contributed by atoms with Gasteiger partial charge in [0.1, 0.15) is 5.82 Å². The van der Waals surface area contributed by atoms with E-state index in [1.807, 2.05) is 12.1 Å². The van der Waals surface area contributed by atoms with Crippen LogP contribution >= 0.6 is 11.6 Å². The van der Waals surface area contributed by atoms with Crippen molar-refractivity contribution in [2.45, 2.75) is 19.4 Å². The van der Waals surface area contributed by atoms with Crippen molar-refractivity contribution < 1.29 is 4.79 Å². The number of para-hydroxylation sites is 1. The van der Waals surface area contributed by atoms with Gasteiger partial charge in [0.25, 0.3) is 0 Å².